The summed E-state index contributed by atoms with van der Waals surface area (Å²) in [6, 6.07) is 3.79. The second kappa shape index (κ2) is 16.5. The number of aromatic nitrogens is 2. The van der Waals surface area contributed by atoms with E-state index in [1.165, 1.54) is 23.3 Å². The molecule has 1 unspecified atom stereocenters. The monoisotopic (exact) mass is 420 g/mol. The first kappa shape index (κ1) is 27.5. The molecule has 2 aromatic heterocycles. The van der Waals surface area contributed by atoms with Gasteiger partial charge >= 0.3 is 0 Å². The van der Waals surface area contributed by atoms with Crippen LogP contribution in [0.15, 0.2) is 24.5 Å². The van der Waals surface area contributed by atoms with Gasteiger partial charge < -0.3 is 4.74 Å². The molecule has 0 aliphatic carbocycles. The van der Waals surface area contributed by atoms with E-state index in [1.54, 1.807) is 23.6 Å². The van der Waals surface area contributed by atoms with Crippen molar-refractivity contribution in [2.24, 2.45) is 5.92 Å². The van der Waals surface area contributed by atoms with E-state index in [9.17, 15) is 0 Å². The molecular formula is C20H34Cl2N2OS. The van der Waals surface area contributed by atoms with Gasteiger partial charge in [-0.3, -0.25) is 0 Å². The maximum atomic E-state index is 5.56. The summed E-state index contributed by atoms with van der Waals surface area (Å²) in [5.74, 6) is 0.875. The highest BCUT2D eigenvalue weighted by Gasteiger charge is 2.11. The van der Waals surface area contributed by atoms with Crippen LogP contribution in [0.4, 0.5) is 0 Å². The molecule has 3 rings (SSSR count). The van der Waals surface area contributed by atoms with E-state index in [-0.39, 0.29) is 14.9 Å². The van der Waals surface area contributed by atoms with Crippen LogP contribution in [-0.2, 0) is 17.6 Å². The summed E-state index contributed by atoms with van der Waals surface area (Å²) < 4.78 is 5.79. The Hall–Kier alpha value is -0.680. The van der Waals surface area contributed by atoms with Crippen LogP contribution in [-0.4, -0.2) is 23.2 Å². The van der Waals surface area contributed by atoms with Crippen LogP contribution in [0.1, 0.15) is 58.9 Å². The van der Waals surface area contributed by atoms with Gasteiger partial charge in [0.25, 0.3) is 0 Å². The Bertz CT molecular complexity index is 555. The summed E-state index contributed by atoms with van der Waals surface area (Å²) in [5.41, 5.74) is 1.22. The van der Waals surface area contributed by atoms with Crippen LogP contribution in [0, 0.1) is 5.92 Å². The predicted molar refractivity (Wildman–Crippen MR) is 118 cm³/mol. The van der Waals surface area contributed by atoms with Crippen molar-refractivity contribution in [1.82, 2.24) is 9.97 Å². The first-order valence-corrected chi connectivity index (χ1v) is 9.94. The number of nitrogens with zero attached hydrogens (tertiary/aromatic N) is 2. The van der Waals surface area contributed by atoms with Crippen molar-refractivity contribution in [3.63, 3.8) is 0 Å². The van der Waals surface area contributed by atoms with Gasteiger partial charge in [-0.25, -0.2) is 9.97 Å². The Kier molecular flexibility index (Phi) is 17.5. The second-order valence-electron chi connectivity index (χ2n) is 5.41. The first-order valence-electron chi connectivity index (χ1n) is 8.37. The van der Waals surface area contributed by atoms with E-state index in [1.807, 2.05) is 12.3 Å². The smallest absolute Gasteiger partial charge is 0.183 e. The molecule has 0 aromatic carbocycles. The van der Waals surface area contributed by atoms with E-state index in [4.69, 9.17) is 27.9 Å². The average Bonchev–Trinajstić information content (AvgIpc) is 3.28. The maximum absolute atomic E-state index is 5.56. The summed E-state index contributed by atoms with van der Waals surface area (Å²) in [7, 11) is 0. The number of pyridine rings is 1. The third-order valence-corrected chi connectivity index (χ3v) is 5.15. The zero-order valence-electron chi connectivity index (χ0n) is 14.6. The minimum atomic E-state index is 0. The van der Waals surface area contributed by atoms with Gasteiger partial charge in [0.2, 0.25) is 0 Å². The predicted octanol–water partition coefficient (Wildman–Crippen LogP) is 7.36. The van der Waals surface area contributed by atoms with Crippen LogP contribution in [0.3, 0.4) is 0 Å². The lowest BCUT2D eigenvalue weighted by Crippen LogP contribution is -1.94. The van der Waals surface area contributed by atoms with Gasteiger partial charge in [-0.05, 0) is 36.8 Å². The molecule has 0 bridgehead atoms. The van der Waals surface area contributed by atoms with Crippen molar-refractivity contribution in [2.75, 3.05) is 13.2 Å². The third-order valence-electron chi connectivity index (χ3n) is 3.67. The molecule has 1 aliphatic heterocycles. The van der Waals surface area contributed by atoms with E-state index in [0.717, 1.165) is 32.0 Å². The summed E-state index contributed by atoms with van der Waals surface area (Å²) in [6.45, 7) is 8.41. The number of ether oxygens (including phenoxy) is 1. The Morgan fingerprint density at radius 2 is 1.81 bits per heavy atom. The summed E-state index contributed by atoms with van der Waals surface area (Å²) in [5, 5.41) is 0.562. The van der Waals surface area contributed by atoms with Gasteiger partial charge in [0, 0.05) is 30.5 Å². The number of rotatable bonds is 3. The summed E-state index contributed by atoms with van der Waals surface area (Å²) in [4.78, 5) is 9.03. The van der Waals surface area contributed by atoms with E-state index < -0.39 is 0 Å². The summed E-state index contributed by atoms with van der Waals surface area (Å²) >= 11 is 12.6. The van der Waals surface area contributed by atoms with Crippen LogP contribution in [0.25, 0.3) is 0 Å². The number of aryl methyl sites for hydroxylation is 2. The number of hydrogen-bond donors (Lipinski definition) is 0. The second-order valence-corrected chi connectivity index (χ2v) is 7.50. The van der Waals surface area contributed by atoms with Gasteiger partial charge in [0.05, 0.1) is 0 Å². The molecule has 1 fully saturated rings. The molecule has 0 spiro atoms. The van der Waals surface area contributed by atoms with Crippen molar-refractivity contribution >= 4 is 34.5 Å². The van der Waals surface area contributed by atoms with Crippen molar-refractivity contribution in [1.29, 1.82) is 0 Å². The van der Waals surface area contributed by atoms with Crippen molar-refractivity contribution < 1.29 is 4.74 Å². The molecule has 3 nitrogen and oxygen atoms in total. The fourth-order valence-electron chi connectivity index (χ4n) is 1.97. The van der Waals surface area contributed by atoms with Gasteiger partial charge in [-0.1, -0.05) is 71.3 Å². The molecular weight excluding hydrogens is 387 g/mol. The molecule has 1 atom stereocenters. The SMILES string of the molecule is C.C.CCC1CCOC1.CCc1ccc(Cl)nc1.CCc1cnc(Cl)s1. The Morgan fingerprint density at radius 3 is 2.12 bits per heavy atom. The molecule has 0 radical (unpaired) electrons. The normalized spacial score (nSPS) is 14.7. The minimum absolute atomic E-state index is 0. The van der Waals surface area contributed by atoms with Crippen LogP contribution in [0.5, 0.6) is 0 Å². The minimum Gasteiger partial charge on any atom is -0.381 e. The molecule has 2 aromatic rings. The highest BCUT2D eigenvalue weighted by atomic mass is 35.5. The van der Waals surface area contributed by atoms with E-state index >= 15 is 0 Å². The number of thiazole rings is 1. The zero-order valence-corrected chi connectivity index (χ0v) is 16.9. The van der Waals surface area contributed by atoms with Crippen LogP contribution in [0.2, 0.25) is 9.62 Å². The zero-order chi connectivity index (χ0) is 17.8. The molecule has 6 heteroatoms. The van der Waals surface area contributed by atoms with Crippen LogP contribution >= 0.6 is 34.5 Å². The Labute approximate surface area is 174 Å². The molecule has 0 amide bonds. The van der Waals surface area contributed by atoms with Crippen molar-refractivity contribution in [3.05, 3.63) is 44.6 Å². The fraction of sp³-hybridized carbons (Fsp3) is 0.600. The van der Waals surface area contributed by atoms with Gasteiger partial charge in [-0.15, -0.1) is 11.3 Å². The Morgan fingerprint density at radius 1 is 1.08 bits per heavy atom. The highest BCUT2D eigenvalue weighted by Crippen LogP contribution is 2.17. The maximum Gasteiger partial charge on any atom is 0.183 e. The fourth-order valence-corrected chi connectivity index (χ4v) is 3.00. The molecule has 26 heavy (non-hydrogen) atoms. The van der Waals surface area contributed by atoms with Crippen molar-refractivity contribution in [3.8, 4) is 0 Å². The molecule has 0 saturated carbocycles. The summed E-state index contributed by atoms with van der Waals surface area (Å²) in [6.07, 6.45) is 8.24. The van der Waals surface area contributed by atoms with Gasteiger partial charge in [0.1, 0.15) is 5.15 Å². The topological polar surface area (TPSA) is 35.0 Å². The van der Waals surface area contributed by atoms with Gasteiger partial charge in [-0.2, -0.15) is 0 Å². The third kappa shape index (κ3) is 11.8. The standard InChI is InChI=1S/C7H8ClN.C6H12O.C5H6ClNS.2CH4/c1-2-6-3-4-7(8)9-5-6;1-2-6-3-4-7-5-6;1-2-4-3-7-5(6)8-4;;/h3-5H,2H2,1H3;6H,2-5H2,1H3;3H,2H2,1H3;2*1H4. The molecule has 1 saturated heterocycles. The lowest BCUT2D eigenvalue weighted by Gasteiger charge is -1.97. The molecule has 1 aliphatic rings. The lowest BCUT2D eigenvalue weighted by molar-refractivity contribution is 0.185. The molecule has 3 heterocycles. The van der Waals surface area contributed by atoms with E-state index in [0.29, 0.717) is 9.62 Å². The van der Waals surface area contributed by atoms with E-state index in [2.05, 4.69) is 30.7 Å². The van der Waals surface area contributed by atoms with Crippen LogP contribution < -0.4 is 0 Å². The van der Waals surface area contributed by atoms with Crippen molar-refractivity contribution in [2.45, 2.75) is 61.3 Å². The Balaban J connectivity index is 0. The first-order chi connectivity index (χ1) is 11.6. The molecule has 150 valence electrons. The lowest BCUT2D eigenvalue weighted by atomic mass is 10.1. The quantitative estimate of drug-likeness (QED) is 0.486. The highest BCUT2D eigenvalue weighted by molar-refractivity contribution is 7.15. The number of halogens is 2. The molecule has 0 N–H and O–H groups in total. The largest absolute Gasteiger partial charge is 0.381 e. The number of hydrogen-bond acceptors (Lipinski definition) is 4. The average molecular weight is 421 g/mol. The van der Waals surface area contributed by atoms with Gasteiger partial charge in [0.15, 0.2) is 4.47 Å².